The van der Waals surface area contributed by atoms with Crippen LogP contribution in [0.25, 0.3) is 0 Å². The second-order valence-electron chi connectivity index (χ2n) is 5.62. The van der Waals surface area contributed by atoms with Crippen molar-refractivity contribution in [3.05, 3.63) is 29.6 Å². The number of carboxylic acid groups (broad SMARTS) is 1. The number of anilines is 1. The van der Waals surface area contributed by atoms with Crippen LogP contribution in [0.2, 0.25) is 0 Å². The molecular formula is C16H23FN2O3. The van der Waals surface area contributed by atoms with Crippen molar-refractivity contribution < 1.29 is 19.0 Å². The van der Waals surface area contributed by atoms with Crippen molar-refractivity contribution in [2.24, 2.45) is 0 Å². The summed E-state index contributed by atoms with van der Waals surface area (Å²) in [6, 6.07) is 4.93. The minimum Gasteiger partial charge on any atom is -0.481 e. The summed E-state index contributed by atoms with van der Waals surface area (Å²) >= 11 is 0. The number of carboxylic acids is 1. The molecule has 0 saturated carbocycles. The Bertz CT molecular complexity index is 504. The Morgan fingerprint density at radius 1 is 1.55 bits per heavy atom. The van der Waals surface area contributed by atoms with Crippen molar-refractivity contribution in [3.63, 3.8) is 0 Å². The highest BCUT2D eigenvalue weighted by Crippen LogP contribution is 2.20. The fourth-order valence-corrected chi connectivity index (χ4v) is 2.53. The molecule has 1 saturated heterocycles. The van der Waals surface area contributed by atoms with E-state index in [1.165, 1.54) is 6.07 Å². The molecule has 0 bridgehead atoms. The Hall–Kier alpha value is -1.66. The molecule has 0 amide bonds. The fraction of sp³-hybridized carbons (Fsp3) is 0.562. The molecular weight excluding hydrogens is 287 g/mol. The van der Waals surface area contributed by atoms with E-state index >= 15 is 0 Å². The van der Waals surface area contributed by atoms with Crippen LogP contribution in [0.3, 0.4) is 0 Å². The lowest BCUT2D eigenvalue weighted by Gasteiger charge is -2.20. The third-order valence-electron chi connectivity index (χ3n) is 3.81. The molecule has 1 aromatic rings. The minimum atomic E-state index is -0.887. The molecule has 2 N–H and O–H groups in total. The van der Waals surface area contributed by atoms with Gasteiger partial charge in [0.15, 0.2) is 0 Å². The molecule has 1 atom stereocenters. The van der Waals surface area contributed by atoms with Crippen molar-refractivity contribution in [3.8, 4) is 0 Å². The summed E-state index contributed by atoms with van der Waals surface area (Å²) in [6.45, 7) is 2.54. The Kier molecular flexibility index (Phi) is 6.15. The number of ether oxygens (including phenoxy) is 1. The van der Waals surface area contributed by atoms with Crippen LogP contribution in [-0.2, 0) is 16.1 Å². The summed E-state index contributed by atoms with van der Waals surface area (Å²) in [6.07, 6.45) is 2.46. The maximum Gasteiger partial charge on any atom is 0.305 e. The van der Waals surface area contributed by atoms with Crippen molar-refractivity contribution in [2.45, 2.75) is 31.9 Å². The smallest absolute Gasteiger partial charge is 0.305 e. The van der Waals surface area contributed by atoms with Crippen LogP contribution in [0, 0.1) is 5.82 Å². The summed E-state index contributed by atoms with van der Waals surface area (Å²) in [5.41, 5.74) is 1.40. The molecule has 0 radical (unpaired) electrons. The van der Waals surface area contributed by atoms with Gasteiger partial charge in [-0.25, -0.2) is 4.39 Å². The Balaban J connectivity index is 1.89. The highest BCUT2D eigenvalue weighted by atomic mass is 19.1. The number of nitrogens with one attached hydrogen (secondary N) is 1. The normalized spacial score (nSPS) is 17.6. The van der Waals surface area contributed by atoms with E-state index in [9.17, 15) is 9.18 Å². The van der Waals surface area contributed by atoms with E-state index in [2.05, 4.69) is 5.32 Å². The third-order valence-corrected chi connectivity index (χ3v) is 3.81. The number of hydrogen-bond donors (Lipinski definition) is 2. The molecule has 2 rings (SSSR count). The van der Waals surface area contributed by atoms with Crippen LogP contribution in [-0.4, -0.2) is 43.9 Å². The zero-order valence-electron chi connectivity index (χ0n) is 12.8. The number of rotatable bonds is 8. The predicted molar refractivity (Wildman–Crippen MR) is 82.6 cm³/mol. The van der Waals surface area contributed by atoms with Gasteiger partial charge in [-0.3, -0.25) is 4.79 Å². The summed E-state index contributed by atoms with van der Waals surface area (Å²) in [7, 11) is 1.70. The summed E-state index contributed by atoms with van der Waals surface area (Å²) in [5.74, 6) is -1.22. The Morgan fingerprint density at radius 3 is 3.05 bits per heavy atom. The highest BCUT2D eigenvalue weighted by Gasteiger charge is 2.15. The van der Waals surface area contributed by atoms with Gasteiger partial charge in [0.1, 0.15) is 5.82 Å². The first-order chi connectivity index (χ1) is 10.6. The minimum absolute atomic E-state index is 0.0164. The molecule has 6 heteroatoms. The van der Waals surface area contributed by atoms with Crippen molar-refractivity contribution in [2.75, 3.05) is 31.6 Å². The average molecular weight is 310 g/mol. The maximum atomic E-state index is 13.9. The molecule has 0 aromatic heterocycles. The van der Waals surface area contributed by atoms with Crippen LogP contribution in [0.5, 0.6) is 0 Å². The van der Waals surface area contributed by atoms with E-state index in [1.807, 2.05) is 0 Å². The van der Waals surface area contributed by atoms with Crippen molar-refractivity contribution in [1.82, 2.24) is 5.32 Å². The SMILES string of the molecule is CN(CCC(=O)O)c1cc(CNCC2CCCO2)ccc1F. The van der Waals surface area contributed by atoms with Crippen molar-refractivity contribution in [1.29, 1.82) is 0 Å². The van der Waals surface area contributed by atoms with Gasteiger partial charge in [-0.15, -0.1) is 0 Å². The van der Waals surface area contributed by atoms with Gasteiger partial charge in [0.2, 0.25) is 0 Å². The lowest BCUT2D eigenvalue weighted by atomic mass is 10.1. The van der Waals surface area contributed by atoms with E-state index in [0.717, 1.165) is 31.6 Å². The van der Waals surface area contributed by atoms with Crippen LogP contribution >= 0.6 is 0 Å². The van der Waals surface area contributed by atoms with Gasteiger partial charge in [-0.05, 0) is 30.5 Å². The Labute approximate surface area is 130 Å². The molecule has 1 fully saturated rings. The molecule has 1 aromatic carbocycles. The number of carbonyl (C=O) groups is 1. The number of hydrogen-bond acceptors (Lipinski definition) is 4. The van der Waals surface area contributed by atoms with Gasteiger partial charge in [-0.1, -0.05) is 6.07 Å². The molecule has 1 aliphatic heterocycles. The van der Waals surface area contributed by atoms with E-state index in [0.29, 0.717) is 12.2 Å². The number of halogens is 1. The van der Waals surface area contributed by atoms with Crippen LogP contribution in [0.15, 0.2) is 18.2 Å². The molecule has 22 heavy (non-hydrogen) atoms. The first kappa shape index (κ1) is 16.7. The topological polar surface area (TPSA) is 61.8 Å². The molecule has 1 aliphatic rings. The van der Waals surface area contributed by atoms with Gasteiger partial charge >= 0.3 is 5.97 Å². The van der Waals surface area contributed by atoms with Gasteiger partial charge in [0, 0.05) is 33.3 Å². The highest BCUT2D eigenvalue weighted by molar-refractivity contribution is 5.67. The molecule has 0 aliphatic carbocycles. The zero-order chi connectivity index (χ0) is 15.9. The quantitative estimate of drug-likeness (QED) is 0.769. The zero-order valence-corrected chi connectivity index (χ0v) is 12.8. The van der Waals surface area contributed by atoms with E-state index in [-0.39, 0.29) is 24.9 Å². The number of aliphatic carboxylic acids is 1. The maximum absolute atomic E-state index is 13.9. The largest absolute Gasteiger partial charge is 0.481 e. The monoisotopic (exact) mass is 310 g/mol. The Morgan fingerprint density at radius 2 is 2.36 bits per heavy atom. The van der Waals surface area contributed by atoms with Crippen LogP contribution < -0.4 is 10.2 Å². The number of nitrogens with zero attached hydrogens (tertiary/aromatic N) is 1. The second kappa shape index (κ2) is 8.10. The van der Waals surface area contributed by atoms with Gasteiger partial charge in [0.25, 0.3) is 0 Å². The van der Waals surface area contributed by atoms with E-state index < -0.39 is 5.97 Å². The first-order valence-electron chi connectivity index (χ1n) is 7.60. The molecule has 122 valence electrons. The van der Waals surface area contributed by atoms with Crippen LogP contribution in [0.1, 0.15) is 24.8 Å². The standard InChI is InChI=1S/C16H23FN2O3/c1-19(7-6-16(20)21)15-9-12(4-5-14(15)17)10-18-11-13-3-2-8-22-13/h4-5,9,13,18H,2-3,6-8,10-11H2,1H3,(H,20,21). The first-order valence-corrected chi connectivity index (χ1v) is 7.60. The summed E-state index contributed by atoms with van der Waals surface area (Å²) in [4.78, 5) is 12.2. The molecule has 1 heterocycles. The fourth-order valence-electron chi connectivity index (χ4n) is 2.53. The van der Waals surface area contributed by atoms with Gasteiger partial charge < -0.3 is 20.1 Å². The third kappa shape index (κ3) is 4.96. The van der Waals surface area contributed by atoms with Gasteiger partial charge in [-0.2, -0.15) is 0 Å². The molecule has 5 nitrogen and oxygen atoms in total. The summed E-state index contributed by atoms with van der Waals surface area (Å²) in [5, 5.41) is 12.0. The van der Waals surface area contributed by atoms with Gasteiger partial charge in [0.05, 0.1) is 18.2 Å². The molecule has 1 unspecified atom stereocenters. The second-order valence-corrected chi connectivity index (χ2v) is 5.62. The average Bonchev–Trinajstić information content (AvgIpc) is 2.99. The summed E-state index contributed by atoms with van der Waals surface area (Å²) < 4.78 is 19.4. The molecule has 0 spiro atoms. The van der Waals surface area contributed by atoms with Crippen LogP contribution in [0.4, 0.5) is 10.1 Å². The lowest BCUT2D eigenvalue weighted by molar-refractivity contribution is -0.136. The van der Waals surface area contributed by atoms with E-state index in [1.54, 1.807) is 24.1 Å². The van der Waals surface area contributed by atoms with E-state index in [4.69, 9.17) is 9.84 Å². The lowest BCUT2D eigenvalue weighted by Crippen LogP contribution is -2.26. The van der Waals surface area contributed by atoms with Crippen molar-refractivity contribution >= 4 is 11.7 Å². The predicted octanol–water partition coefficient (Wildman–Crippen LogP) is 2.01. The number of benzene rings is 1.